The monoisotopic (exact) mass is 644 g/mol. The zero-order valence-electron chi connectivity index (χ0n) is 26.1. The SMILES string of the molecule is COc1nc(Cc2ccc(-c3cccc(F)n3)cc2)cnc1C#N.COc1nc(Cc2ccc(-c3cccc(F)n3)cc2)cnc1CN. The molecule has 0 saturated heterocycles. The minimum Gasteiger partial charge on any atom is -0.480 e. The molecule has 0 aliphatic heterocycles. The second-order valence-corrected chi connectivity index (χ2v) is 10.3. The van der Waals surface area contributed by atoms with Gasteiger partial charge in [0.25, 0.3) is 5.88 Å². The van der Waals surface area contributed by atoms with Gasteiger partial charge in [0.15, 0.2) is 0 Å². The molecule has 6 aromatic rings. The molecule has 10 nitrogen and oxygen atoms in total. The number of ether oxygens (including phenoxy) is 2. The molecule has 0 fully saturated rings. The Bertz CT molecular complexity index is 2040. The Kier molecular flexibility index (Phi) is 11.0. The summed E-state index contributed by atoms with van der Waals surface area (Å²) in [7, 11) is 3.00. The molecule has 0 atom stereocenters. The van der Waals surface area contributed by atoms with Crippen molar-refractivity contribution in [2.24, 2.45) is 5.73 Å². The number of methoxy groups -OCH3 is 2. The second kappa shape index (κ2) is 15.9. The molecule has 2 N–H and O–H groups in total. The molecule has 0 aliphatic carbocycles. The van der Waals surface area contributed by atoms with Crippen molar-refractivity contribution in [1.82, 2.24) is 29.9 Å². The summed E-state index contributed by atoms with van der Waals surface area (Å²) in [6, 6.07) is 26.8. The number of rotatable bonds is 9. The largest absolute Gasteiger partial charge is 0.480 e. The van der Waals surface area contributed by atoms with Gasteiger partial charge >= 0.3 is 0 Å². The minimum absolute atomic E-state index is 0.161. The number of nitriles is 1. The summed E-state index contributed by atoms with van der Waals surface area (Å²) in [5.41, 5.74) is 12.8. The summed E-state index contributed by atoms with van der Waals surface area (Å²) in [6.07, 6.45) is 4.42. The third-order valence-corrected chi connectivity index (χ3v) is 7.04. The van der Waals surface area contributed by atoms with Crippen LogP contribution in [0.1, 0.15) is 33.9 Å². The molecule has 48 heavy (non-hydrogen) atoms. The molecule has 0 spiro atoms. The highest BCUT2D eigenvalue weighted by molar-refractivity contribution is 5.60. The zero-order chi connectivity index (χ0) is 33.9. The molecule has 240 valence electrons. The van der Waals surface area contributed by atoms with Crippen LogP contribution in [0.5, 0.6) is 11.8 Å². The summed E-state index contributed by atoms with van der Waals surface area (Å²) >= 11 is 0. The van der Waals surface area contributed by atoms with Gasteiger partial charge in [0, 0.05) is 36.7 Å². The fraction of sp³-hybridized carbons (Fsp3) is 0.139. The van der Waals surface area contributed by atoms with Gasteiger partial charge in [-0.05, 0) is 35.4 Å². The minimum atomic E-state index is -0.503. The summed E-state index contributed by atoms with van der Waals surface area (Å²) in [6.45, 7) is 0.284. The van der Waals surface area contributed by atoms with Crippen molar-refractivity contribution in [2.75, 3.05) is 14.2 Å². The first-order chi connectivity index (χ1) is 23.4. The van der Waals surface area contributed by atoms with E-state index >= 15 is 0 Å². The van der Waals surface area contributed by atoms with Crippen molar-refractivity contribution in [1.29, 1.82) is 5.26 Å². The van der Waals surface area contributed by atoms with Crippen LogP contribution in [0.25, 0.3) is 22.5 Å². The summed E-state index contributed by atoms with van der Waals surface area (Å²) in [5, 5.41) is 8.92. The third-order valence-electron chi connectivity index (χ3n) is 7.04. The molecule has 0 amide bonds. The lowest BCUT2D eigenvalue weighted by Gasteiger charge is -2.08. The Morgan fingerprint density at radius 2 is 1.12 bits per heavy atom. The van der Waals surface area contributed by atoms with Crippen LogP contribution in [0, 0.1) is 23.2 Å². The predicted molar refractivity (Wildman–Crippen MR) is 175 cm³/mol. The number of hydrogen-bond donors (Lipinski definition) is 1. The van der Waals surface area contributed by atoms with Crippen molar-refractivity contribution in [3.63, 3.8) is 0 Å². The molecule has 2 aromatic carbocycles. The van der Waals surface area contributed by atoms with Crippen LogP contribution in [-0.4, -0.2) is 44.1 Å². The van der Waals surface area contributed by atoms with Gasteiger partial charge in [-0.2, -0.15) is 14.0 Å². The Morgan fingerprint density at radius 3 is 1.56 bits per heavy atom. The van der Waals surface area contributed by atoms with Gasteiger partial charge in [-0.25, -0.2) is 24.9 Å². The fourth-order valence-electron chi connectivity index (χ4n) is 4.67. The van der Waals surface area contributed by atoms with Gasteiger partial charge in [0.2, 0.25) is 23.5 Å². The van der Waals surface area contributed by atoms with E-state index in [2.05, 4.69) is 29.9 Å². The average molecular weight is 645 g/mol. The lowest BCUT2D eigenvalue weighted by atomic mass is 10.1. The second-order valence-electron chi connectivity index (χ2n) is 10.3. The number of pyridine rings is 2. The first-order valence-electron chi connectivity index (χ1n) is 14.7. The molecule has 0 bridgehead atoms. The lowest BCUT2D eigenvalue weighted by molar-refractivity contribution is 0.388. The van der Waals surface area contributed by atoms with E-state index in [1.54, 1.807) is 43.8 Å². The van der Waals surface area contributed by atoms with Crippen molar-refractivity contribution in [3.8, 4) is 40.3 Å². The topological polar surface area (TPSA) is 146 Å². The maximum Gasteiger partial charge on any atom is 0.251 e. The summed E-state index contributed by atoms with van der Waals surface area (Å²) < 4.78 is 36.7. The van der Waals surface area contributed by atoms with E-state index in [-0.39, 0.29) is 18.1 Å². The van der Waals surface area contributed by atoms with Crippen molar-refractivity contribution in [3.05, 3.63) is 143 Å². The Labute approximate surface area is 276 Å². The fourth-order valence-corrected chi connectivity index (χ4v) is 4.67. The highest BCUT2D eigenvalue weighted by Gasteiger charge is 2.10. The van der Waals surface area contributed by atoms with Crippen LogP contribution in [0.3, 0.4) is 0 Å². The summed E-state index contributed by atoms with van der Waals surface area (Å²) in [4.78, 5) is 24.8. The molecule has 0 aliphatic rings. The first kappa shape index (κ1) is 33.2. The molecule has 0 saturated carbocycles. The van der Waals surface area contributed by atoms with E-state index in [0.29, 0.717) is 41.5 Å². The number of nitrogens with two attached hydrogens (primary N) is 1. The van der Waals surface area contributed by atoms with E-state index in [9.17, 15) is 8.78 Å². The van der Waals surface area contributed by atoms with Crippen molar-refractivity contribution in [2.45, 2.75) is 19.4 Å². The molecular formula is C36H30F2N8O2. The average Bonchev–Trinajstić information content (AvgIpc) is 3.12. The van der Waals surface area contributed by atoms with E-state index in [1.807, 2.05) is 54.6 Å². The quantitative estimate of drug-likeness (QED) is 0.189. The predicted octanol–water partition coefficient (Wildman–Crippen LogP) is 5.88. The number of nitrogens with zero attached hydrogens (tertiary/aromatic N) is 7. The maximum atomic E-state index is 13.2. The van der Waals surface area contributed by atoms with Crippen LogP contribution in [0.15, 0.2) is 97.3 Å². The van der Waals surface area contributed by atoms with E-state index in [0.717, 1.165) is 27.9 Å². The maximum absolute atomic E-state index is 13.2. The van der Waals surface area contributed by atoms with Gasteiger partial charge in [0.1, 0.15) is 11.8 Å². The van der Waals surface area contributed by atoms with Crippen LogP contribution < -0.4 is 15.2 Å². The van der Waals surface area contributed by atoms with Crippen LogP contribution in [0.2, 0.25) is 0 Å². The third kappa shape index (κ3) is 8.54. The van der Waals surface area contributed by atoms with E-state index in [1.165, 1.54) is 19.2 Å². The van der Waals surface area contributed by atoms with Gasteiger partial charge in [-0.3, -0.25) is 4.98 Å². The number of benzene rings is 2. The highest BCUT2D eigenvalue weighted by atomic mass is 19.1. The van der Waals surface area contributed by atoms with E-state index in [4.69, 9.17) is 20.5 Å². The molecule has 12 heteroatoms. The smallest absolute Gasteiger partial charge is 0.251 e. The van der Waals surface area contributed by atoms with Crippen LogP contribution in [-0.2, 0) is 19.4 Å². The normalized spacial score (nSPS) is 10.4. The first-order valence-corrected chi connectivity index (χ1v) is 14.7. The molecule has 6 rings (SSSR count). The standard InChI is InChI=1S/C18H17FN4O.C18H13FN4O/c2*1-24-18-16(10-20)21-11-14(22-18)9-12-5-7-13(8-6-12)15-3-2-4-17(19)23-15/h2-8,11H,9-10,20H2,1H3;2-8,11H,9H2,1H3. The number of hydrogen-bond acceptors (Lipinski definition) is 10. The van der Waals surface area contributed by atoms with Crippen molar-refractivity contribution < 1.29 is 18.3 Å². The Morgan fingerprint density at radius 1 is 0.646 bits per heavy atom. The number of halogens is 2. The van der Waals surface area contributed by atoms with E-state index < -0.39 is 11.9 Å². The summed E-state index contributed by atoms with van der Waals surface area (Å²) in [5.74, 6) is -0.318. The van der Waals surface area contributed by atoms with Gasteiger partial charge in [-0.15, -0.1) is 0 Å². The Hall–Kier alpha value is -6.19. The lowest BCUT2D eigenvalue weighted by Crippen LogP contribution is -2.06. The number of aromatic nitrogens is 6. The molecule has 4 heterocycles. The Balaban J connectivity index is 0.000000188. The van der Waals surface area contributed by atoms with Gasteiger partial charge in [0.05, 0.1) is 43.2 Å². The van der Waals surface area contributed by atoms with Crippen LogP contribution >= 0.6 is 0 Å². The highest BCUT2D eigenvalue weighted by Crippen LogP contribution is 2.21. The zero-order valence-corrected chi connectivity index (χ0v) is 26.1. The molecule has 4 aromatic heterocycles. The molecule has 0 radical (unpaired) electrons. The van der Waals surface area contributed by atoms with Crippen molar-refractivity contribution >= 4 is 0 Å². The molecular weight excluding hydrogens is 614 g/mol. The van der Waals surface area contributed by atoms with Gasteiger partial charge < -0.3 is 15.2 Å². The molecule has 0 unspecified atom stereocenters. The van der Waals surface area contributed by atoms with Gasteiger partial charge in [-0.1, -0.05) is 60.7 Å². The van der Waals surface area contributed by atoms with Crippen LogP contribution in [0.4, 0.5) is 8.78 Å².